The van der Waals surface area contributed by atoms with Gasteiger partial charge >= 0.3 is 18.4 Å². The van der Waals surface area contributed by atoms with Crippen molar-refractivity contribution in [3.8, 4) is 22.9 Å². The van der Waals surface area contributed by atoms with Gasteiger partial charge in [0.15, 0.2) is 0 Å². The summed E-state index contributed by atoms with van der Waals surface area (Å²) in [4.78, 5) is 39.8. The monoisotopic (exact) mass is 768 g/mol. The molecule has 1 spiro atoms. The Balaban J connectivity index is 1.09. The summed E-state index contributed by atoms with van der Waals surface area (Å²) in [5.41, 5.74) is -2.33. The van der Waals surface area contributed by atoms with E-state index in [2.05, 4.69) is 19.9 Å². The lowest BCUT2D eigenvalue weighted by molar-refractivity contribution is -0.138. The van der Waals surface area contributed by atoms with Gasteiger partial charge in [-0.05, 0) is 56.0 Å². The summed E-state index contributed by atoms with van der Waals surface area (Å²) < 4.78 is 97.8. The highest BCUT2D eigenvalue weighted by Crippen LogP contribution is 2.43. The Bertz CT molecular complexity index is 1790. The zero-order valence-electron chi connectivity index (χ0n) is 28.6. The number of ether oxygens (including phenoxy) is 2. The molecule has 4 fully saturated rings. The van der Waals surface area contributed by atoms with Gasteiger partial charge in [-0.1, -0.05) is 23.7 Å². The molecule has 0 unspecified atom stereocenters. The van der Waals surface area contributed by atoms with Crippen molar-refractivity contribution in [2.24, 2.45) is 0 Å². The number of aromatic nitrogens is 2. The predicted octanol–water partition coefficient (Wildman–Crippen LogP) is 6.69. The Hall–Kier alpha value is -3.87. The van der Waals surface area contributed by atoms with Crippen LogP contribution >= 0.6 is 11.8 Å². The number of amides is 3. The van der Waals surface area contributed by atoms with E-state index in [4.69, 9.17) is 14.0 Å². The smallest absolute Gasteiger partial charge is 0.420 e. The number of nitrogens with zero attached hydrogens (tertiary/aromatic N) is 6. The van der Waals surface area contributed by atoms with Crippen LogP contribution in [-0.4, -0.2) is 118 Å². The first-order chi connectivity index (χ1) is 25.3. The summed E-state index contributed by atoms with van der Waals surface area (Å²) in [6.07, 6.45) is -4.99. The molecular formula is C35H38F6N6O5S. The SMILES string of the molecule is O=C1N(Cc2nc(-c3ccc(Oc4ccccc4SCC(F)(F)F)c(C(F)(F)F)c3)no2)C(=O)C2(CCN(C3CCC3)CC2)N1CCN1CCOCC1. The molecule has 7 rings (SSSR count). The lowest BCUT2D eigenvalue weighted by Crippen LogP contribution is -2.59. The number of imide groups is 1. The highest BCUT2D eigenvalue weighted by Gasteiger charge is 2.58. The number of piperidine rings is 1. The molecule has 11 nitrogen and oxygen atoms in total. The van der Waals surface area contributed by atoms with Gasteiger partial charge in [0.05, 0.1) is 29.4 Å². The second-order valence-electron chi connectivity index (χ2n) is 13.6. The van der Waals surface area contributed by atoms with Gasteiger partial charge in [-0.2, -0.15) is 31.3 Å². The van der Waals surface area contributed by atoms with Crippen molar-refractivity contribution in [3.63, 3.8) is 0 Å². The van der Waals surface area contributed by atoms with Crippen LogP contribution < -0.4 is 4.74 Å². The van der Waals surface area contributed by atoms with Crippen LogP contribution in [0.2, 0.25) is 0 Å². The van der Waals surface area contributed by atoms with Crippen molar-refractivity contribution < 1.29 is 49.9 Å². The first-order valence-corrected chi connectivity index (χ1v) is 18.5. The van der Waals surface area contributed by atoms with Gasteiger partial charge in [0.1, 0.15) is 23.6 Å². The highest BCUT2D eigenvalue weighted by molar-refractivity contribution is 7.99. The van der Waals surface area contributed by atoms with Crippen LogP contribution in [0.15, 0.2) is 51.9 Å². The minimum Gasteiger partial charge on any atom is -0.456 e. The van der Waals surface area contributed by atoms with E-state index in [0.29, 0.717) is 70.0 Å². The minimum absolute atomic E-state index is 0.0150. The average Bonchev–Trinajstić information content (AvgIpc) is 3.64. The van der Waals surface area contributed by atoms with Gasteiger partial charge in [-0.3, -0.25) is 14.6 Å². The molecule has 0 radical (unpaired) electrons. The lowest BCUT2D eigenvalue weighted by atomic mass is 9.82. The van der Waals surface area contributed by atoms with E-state index in [9.17, 15) is 35.9 Å². The van der Waals surface area contributed by atoms with Gasteiger partial charge in [-0.15, -0.1) is 11.8 Å². The Morgan fingerprint density at radius 3 is 2.34 bits per heavy atom. The number of likely N-dealkylation sites (tertiary alicyclic amines) is 1. The molecule has 0 N–H and O–H groups in total. The third-order valence-corrected chi connectivity index (χ3v) is 11.5. The molecule has 4 aliphatic rings. The van der Waals surface area contributed by atoms with Gasteiger partial charge in [0.25, 0.3) is 5.91 Å². The molecule has 1 saturated carbocycles. The van der Waals surface area contributed by atoms with E-state index in [1.54, 1.807) is 4.90 Å². The van der Waals surface area contributed by atoms with Gasteiger partial charge in [0, 0.05) is 50.9 Å². The minimum atomic E-state index is -4.92. The summed E-state index contributed by atoms with van der Waals surface area (Å²) >= 11 is 0.396. The summed E-state index contributed by atoms with van der Waals surface area (Å²) in [6.45, 7) is 4.59. The van der Waals surface area contributed by atoms with E-state index in [1.165, 1.54) is 36.8 Å². The van der Waals surface area contributed by atoms with Gasteiger partial charge < -0.3 is 23.8 Å². The molecule has 3 aliphatic heterocycles. The number of hydrogen-bond donors (Lipinski definition) is 0. The number of urea groups is 1. The molecule has 18 heteroatoms. The highest BCUT2D eigenvalue weighted by atomic mass is 32.2. The Morgan fingerprint density at radius 1 is 0.925 bits per heavy atom. The normalized spacial score (nSPS) is 20.4. The van der Waals surface area contributed by atoms with E-state index >= 15 is 0 Å². The molecule has 0 bridgehead atoms. The Labute approximate surface area is 305 Å². The van der Waals surface area contributed by atoms with Crippen LogP contribution in [-0.2, 0) is 22.3 Å². The van der Waals surface area contributed by atoms with Crippen LogP contribution in [0.25, 0.3) is 11.4 Å². The molecule has 3 aromatic rings. The summed E-state index contributed by atoms with van der Waals surface area (Å²) in [5.74, 6) is -2.77. The first kappa shape index (κ1) is 37.4. The summed E-state index contributed by atoms with van der Waals surface area (Å²) in [6, 6.07) is 8.57. The van der Waals surface area contributed by atoms with Crippen molar-refractivity contribution in [2.45, 2.75) is 67.5 Å². The predicted molar refractivity (Wildman–Crippen MR) is 179 cm³/mol. The standard InChI is InChI=1S/C35H38F6N6O5S/c36-34(37,38)22-53-28-7-2-1-6-27(28)51-26-9-8-23(20-25(26)35(39,40)41)30-42-29(52-43-30)21-46-31(48)33(10-12-45(13-11-33)24-4-3-5-24)47(32(46)49)15-14-44-16-18-50-19-17-44/h1-2,6-9,20,24H,3-5,10-19,21-22H2. The third kappa shape index (κ3) is 8.15. The Kier molecular flexibility index (Phi) is 10.7. The number of carbonyl (C=O) groups excluding carboxylic acids is 2. The van der Waals surface area contributed by atoms with E-state index in [0.717, 1.165) is 43.0 Å². The lowest BCUT2D eigenvalue weighted by Gasteiger charge is -2.47. The number of benzene rings is 2. The maximum absolute atomic E-state index is 14.3. The number of carbonyl (C=O) groups is 2. The molecule has 2 aromatic carbocycles. The van der Waals surface area contributed by atoms with Crippen LogP contribution in [0.1, 0.15) is 43.6 Å². The molecule has 3 amide bonds. The number of alkyl halides is 6. The number of halogens is 6. The number of rotatable bonds is 11. The van der Waals surface area contributed by atoms with Crippen molar-refractivity contribution >= 4 is 23.7 Å². The number of para-hydroxylation sites is 1. The van der Waals surface area contributed by atoms with Crippen LogP contribution in [0.5, 0.6) is 11.5 Å². The molecule has 3 saturated heterocycles. The second kappa shape index (κ2) is 15.1. The van der Waals surface area contributed by atoms with Crippen molar-refractivity contribution in [2.75, 3.05) is 58.2 Å². The number of morpholine rings is 1. The van der Waals surface area contributed by atoms with Crippen LogP contribution in [0, 0.1) is 0 Å². The molecule has 0 atom stereocenters. The topological polar surface area (TPSA) is 104 Å². The largest absolute Gasteiger partial charge is 0.456 e. The van der Waals surface area contributed by atoms with Crippen molar-refractivity contribution in [3.05, 3.63) is 53.9 Å². The number of thioether (sulfide) groups is 1. The molecule has 53 heavy (non-hydrogen) atoms. The van der Waals surface area contributed by atoms with E-state index in [-0.39, 0.29) is 40.4 Å². The van der Waals surface area contributed by atoms with Crippen LogP contribution in [0.4, 0.5) is 31.1 Å². The maximum atomic E-state index is 14.3. The zero-order valence-corrected chi connectivity index (χ0v) is 29.4. The quantitative estimate of drug-likeness (QED) is 0.119. The number of hydrogen-bond acceptors (Lipinski definition) is 10. The van der Waals surface area contributed by atoms with Gasteiger partial charge in [0.2, 0.25) is 11.7 Å². The van der Waals surface area contributed by atoms with Crippen LogP contribution in [0.3, 0.4) is 0 Å². The van der Waals surface area contributed by atoms with Crippen molar-refractivity contribution in [1.82, 2.24) is 29.7 Å². The third-order valence-electron chi connectivity index (χ3n) is 10.3. The fourth-order valence-electron chi connectivity index (χ4n) is 7.28. The molecule has 4 heterocycles. The zero-order chi connectivity index (χ0) is 37.4. The molecule has 1 aliphatic carbocycles. The Morgan fingerprint density at radius 2 is 1.66 bits per heavy atom. The first-order valence-electron chi connectivity index (χ1n) is 17.5. The average molecular weight is 769 g/mol. The fraction of sp³-hybridized carbons (Fsp3) is 0.543. The summed E-state index contributed by atoms with van der Waals surface area (Å²) in [5, 5.41) is 3.85. The fourth-order valence-corrected chi connectivity index (χ4v) is 8.02. The van der Waals surface area contributed by atoms with Gasteiger partial charge in [-0.25, -0.2) is 4.79 Å². The second-order valence-corrected chi connectivity index (χ2v) is 14.6. The summed E-state index contributed by atoms with van der Waals surface area (Å²) in [7, 11) is 0. The van der Waals surface area contributed by atoms with E-state index in [1.807, 2.05) is 0 Å². The molecular weight excluding hydrogens is 730 g/mol. The maximum Gasteiger partial charge on any atom is 0.420 e. The molecule has 286 valence electrons. The van der Waals surface area contributed by atoms with Crippen molar-refractivity contribution in [1.29, 1.82) is 0 Å². The molecule has 1 aromatic heterocycles. The van der Waals surface area contributed by atoms with E-state index < -0.39 is 41.0 Å².